The van der Waals surface area contributed by atoms with E-state index in [0.29, 0.717) is 25.2 Å². The van der Waals surface area contributed by atoms with Crippen LogP contribution < -0.4 is 0 Å². The Bertz CT molecular complexity index is 579. The van der Waals surface area contributed by atoms with Crippen LogP contribution in [0.4, 0.5) is 0 Å². The number of hydrogen-bond donors (Lipinski definition) is 1. The highest BCUT2D eigenvalue weighted by atomic mass is 16.3. The fourth-order valence-electron chi connectivity index (χ4n) is 3.32. The van der Waals surface area contributed by atoms with Crippen LogP contribution in [0.1, 0.15) is 29.8 Å². The van der Waals surface area contributed by atoms with Gasteiger partial charge >= 0.3 is 0 Å². The highest BCUT2D eigenvalue weighted by molar-refractivity contribution is 6.42. The minimum atomic E-state index is -0.448. The summed E-state index contributed by atoms with van der Waals surface area (Å²) in [6, 6.07) is 3.59. The van der Waals surface area contributed by atoms with Crippen LogP contribution in [0.25, 0.3) is 0 Å². The van der Waals surface area contributed by atoms with Crippen LogP contribution in [0.2, 0.25) is 0 Å². The maximum absolute atomic E-state index is 12.5. The van der Waals surface area contributed by atoms with Gasteiger partial charge in [0.2, 0.25) is 0 Å². The van der Waals surface area contributed by atoms with E-state index in [0.717, 1.165) is 19.0 Å². The number of aryl methyl sites for hydroxylation is 1. The molecule has 1 aliphatic carbocycles. The van der Waals surface area contributed by atoms with Crippen LogP contribution in [0.3, 0.4) is 0 Å². The van der Waals surface area contributed by atoms with Crippen LogP contribution in [0, 0.1) is 5.92 Å². The lowest BCUT2D eigenvalue weighted by Crippen LogP contribution is -2.56. The predicted molar refractivity (Wildman–Crippen MR) is 86.1 cm³/mol. The van der Waals surface area contributed by atoms with Crippen LogP contribution in [-0.4, -0.2) is 70.0 Å². The number of hydrogen-bond acceptors (Lipinski definition) is 4. The lowest BCUT2D eigenvalue weighted by atomic mass is 10.1. The second-order valence-electron chi connectivity index (χ2n) is 6.69. The SMILES string of the molecule is Cn1cccc1C(=O)C(=O)N1CCN(CC2CC2)C(CCO)C1. The first-order valence-electron chi connectivity index (χ1n) is 8.40. The van der Waals surface area contributed by atoms with Crippen LogP contribution in [0.15, 0.2) is 18.3 Å². The first-order chi connectivity index (χ1) is 11.1. The molecule has 0 bridgehead atoms. The van der Waals surface area contributed by atoms with Crippen molar-refractivity contribution >= 4 is 11.7 Å². The Morgan fingerprint density at radius 2 is 2.09 bits per heavy atom. The summed E-state index contributed by atoms with van der Waals surface area (Å²) in [5.74, 6) is -0.0971. The molecule has 2 heterocycles. The molecule has 0 spiro atoms. The molecule has 1 unspecified atom stereocenters. The molecule has 1 aromatic rings. The average Bonchev–Trinajstić information content (AvgIpc) is 3.26. The highest BCUT2D eigenvalue weighted by Crippen LogP contribution is 2.31. The number of aliphatic hydroxyl groups is 1. The first kappa shape index (κ1) is 16.2. The second kappa shape index (κ2) is 6.84. The number of amides is 1. The van der Waals surface area contributed by atoms with E-state index in [1.54, 1.807) is 34.8 Å². The molecule has 1 saturated heterocycles. The third-order valence-corrected chi connectivity index (χ3v) is 4.91. The number of rotatable bonds is 6. The molecule has 6 nitrogen and oxygen atoms in total. The summed E-state index contributed by atoms with van der Waals surface area (Å²) < 4.78 is 1.68. The number of aliphatic hydroxyl groups excluding tert-OH is 1. The number of Topliss-reactive ketones (excluding diaryl/α,β-unsaturated/α-hetero) is 1. The third-order valence-electron chi connectivity index (χ3n) is 4.91. The molecule has 6 heteroatoms. The molecule has 1 N–H and O–H groups in total. The molecule has 2 aliphatic rings. The van der Waals surface area contributed by atoms with Crippen molar-refractivity contribution in [2.45, 2.75) is 25.3 Å². The molecule has 3 rings (SSSR count). The minimum absolute atomic E-state index is 0.111. The minimum Gasteiger partial charge on any atom is -0.396 e. The maximum Gasteiger partial charge on any atom is 0.296 e. The van der Waals surface area contributed by atoms with E-state index in [1.165, 1.54) is 12.8 Å². The van der Waals surface area contributed by atoms with Crippen LogP contribution in [-0.2, 0) is 11.8 Å². The zero-order valence-electron chi connectivity index (χ0n) is 13.6. The fourth-order valence-corrected chi connectivity index (χ4v) is 3.32. The van der Waals surface area contributed by atoms with Gasteiger partial charge in [0.1, 0.15) is 0 Å². The van der Waals surface area contributed by atoms with Gasteiger partial charge in [-0.3, -0.25) is 14.5 Å². The number of ketones is 1. The van der Waals surface area contributed by atoms with Gasteiger partial charge in [0.15, 0.2) is 0 Å². The molecular weight excluding hydrogens is 294 g/mol. The van der Waals surface area contributed by atoms with E-state index in [9.17, 15) is 14.7 Å². The summed E-state index contributed by atoms with van der Waals surface area (Å²) in [6.45, 7) is 3.07. The van der Waals surface area contributed by atoms with E-state index < -0.39 is 11.7 Å². The molecule has 2 fully saturated rings. The maximum atomic E-state index is 12.5. The Labute approximate surface area is 136 Å². The standard InChI is InChI=1S/C17H25N3O3/c1-18-7-2-3-15(18)16(22)17(23)20-9-8-19(11-13-4-5-13)14(12-20)6-10-21/h2-3,7,13-14,21H,4-6,8-12H2,1H3. The lowest BCUT2D eigenvalue weighted by molar-refractivity contribution is -0.129. The number of aromatic nitrogens is 1. The van der Waals surface area contributed by atoms with E-state index in [4.69, 9.17) is 0 Å². The Balaban J connectivity index is 1.65. The number of carbonyl (C=O) groups is 2. The molecule has 23 heavy (non-hydrogen) atoms. The topological polar surface area (TPSA) is 65.8 Å². The largest absolute Gasteiger partial charge is 0.396 e. The van der Waals surface area contributed by atoms with Crippen molar-refractivity contribution in [2.75, 3.05) is 32.8 Å². The van der Waals surface area contributed by atoms with E-state index in [1.807, 2.05) is 0 Å². The van der Waals surface area contributed by atoms with E-state index in [2.05, 4.69) is 4.90 Å². The van der Waals surface area contributed by atoms with Crippen LogP contribution >= 0.6 is 0 Å². The molecule has 0 radical (unpaired) electrons. The number of piperazine rings is 1. The Kier molecular flexibility index (Phi) is 4.82. The molecule has 1 aromatic heterocycles. The number of carbonyl (C=O) groups excluding carboxylic acids is 2. The van der Waals surface area contributed by atoms with Gasteiger partial charge in [0.05, 0.1) is 5.69 Å². The van der Waals surface area contributed by atoms with Crippen molar-refractivity contribution in [3.63, 3.8) is 0 Å². The Morgan fingerprint density at radius 1 is 1.30 bits per heavy atom. The van der Waals surface area contributed by atoms with Gasteiger partial charge in [0.25, 0.3) is 11.7 Å². The van der Waals surface area contributed by atoms with Gasteiger partial charge < -0.3 is 14.6 Å². The van der Waals surface area contributed by atoms with Gasteiger partial charge in [0, 0.05) is 52.1 Å². The zero-order valence-corrected chi connectivity index (χ0v) is 13.6. The van der Waals surface area contributed by atoms with Crippen molar-refractivity contribution in [2.24, 2.45) is 13.0 Å². The lowest BCUT2D eigenvalue weighted by Gasteiger charge is -2.41. The fraction of sp³-hybridized carbons (Fsp3) is 0.647. The average molecular weight is 319 g/mol. The van der Waals surface area contributed by atoms with Crippen molar-refractivity contribution in [1.29, 1.82) is 0 Å². The second-order valence-corrected chi connectivity index (χ2v) is 6.69. The molecule has 1 atom stereocenters. The zero-order chi connectivity index (χ0) is 16.4. The summed E-state index contributed by atoms with van der Waals surface area (Å²) in [6.07, 6.45) is 4.99. The van der Waals surface area contributed by atoms with Gasteiger partial charge in [-0.1, -0.05) is 0 Å². The van der Waals surface area contributed by atoms with Gasteiger partial charge in [-0.2, -0.15) is 0 Å². The summed E-state index contributed by atoms with van der Waals surface area (Å²) in [5.41, 5.74) is 0.425. The van der Waals surface area contributed by atoms with Gasteiger partial charge in [-0.25, -0.2) is 0 Å². The number of nitrogens with zero attached hydrogens (tertiary/aromatic N) is 3. The molecule has 1 amide bonds. The third kappa shape index (κ3) is 3.64. The predicted octanol–water partition coefficient (Wildman–Crippen LogP) is 0.513. The first-order valence-corrected chi connectivity index (χ1v) is 8.40. The summed E-state index contributed by atoms with van der Waals surface area (Å²) in [7, 11) is 1.77. The summed E-state index contributed by atoms with van der Waals surface area (Å²) >= 11 is 0. The molecule has 1 aliphatic heterocycles. The van der Waals surface area contributed by atoms with Crippen molar-refractivity contribution in [3.05, 3.63) is 24.0 Å². The Hall–Kier alpha value is -1.66. The Morgan fingerprint density at radius 3 is 2.70 bits per heavy atom. The molecule has 126 valence electrons. The van der Waals surface area contributed by atoms with E-state index in [-0.39, 0.29) is 12.6 Å². The van der Waals surface area contributed by atoms with Gasteiger partial charge in [-0.05, 0) is 37.3 Å². The van der Waals surface area contributed by atoms with E-state index >= 15 is 0 Å². The van der Waals surface area contributed by atoms with Crippen LogP contribution in [0.5, 0.6) is 0 Å². The van der Waals surface area contributed by atoms with Crippen molar-refractivity contribution in [1.82, 2.24) is 14.4 Å². The van der Waals surface area contributed by atoms with Gasteiger partial charge in [-0.15, -0.1) is 0 Å². The molecule has 0 aromatic carbocycles. The normalized spacial score (nSPS) is 22.3. The monoisotopic (exact) mass is 319 g/mol. The highest BCUT2D eigenvalue weighted by Gasteiger charge is 2.35. The van der Waals surface area contributed by atoms with Crippen molar-refractivity contribution in [3.8, 4) is 0 Å². The smallest absolute Gasteiger partial charge is 0.296 e. The summed E-state index contributed by atoms with van der Waals surface area (Å²) in [5, 5.41) is 9.31. The van der Waals surface area contributed by atoms with Crippen molar-refractivity contribution < 1.29 is 14.7 Å². The molecule has 1 saturated carbocycles. The quantitative estimate of drug-likeness (QED) is 0.613. The summed E-state index contributed by atoms with van der Waals surface area (Å²) in [4.78, 5) is 28.9. The molecular formula is C17H25N3O3.